The van der Waals surface area contributed by atoms with Gasteiger partial charge in [0.05, 0.1) is 26.2 Å². The molecule has 29 heavy (non-hydrogen) atoms. The molecule has 5 nitrogen and oxygen atoms in total. The number of benzene rings is 2. The summed E-state index contributed by atoms with van der Waals surface area (Å²) in [5.41, 5.74) is 2.84. The van der Waals surface area contributed by atoms with Crippen molar-refractivity contribution < 1.29 is 13.2 Å². The van der Waals surface area contributed by atoms with E-state index in [1.807, 2.05) is 32.0 Å². The molecule has 0 N–H and O–H groups in total. The summed E-state index contributed by atoms with van der Waals surface area (Å²) >= 11 is 10.7. The number of halogens is 2. The van der Waals surface area contributed by atoms with E-state index in [2.05, 4.69) is 4.99 Å². The fourth-order valence-corrected chi connectivity index (χ4v) is 3.68. The molecule has 0 saturated carbocycles. The van der Waals surface area contributed by atoms with Crippen LogP contribution < -0.4 is 4.90 Å². The molecule has 0 aliphatic heterocycles. The van der Waals surface area contributed by atoms with Crippen molar-refractivity contribution in [2.45, 2.75) is 32.6 Å². The lowest BCUT2D eigenvalue weighted by Crippen LogP contribution is -2.25. The molecule has 1 atom stereocenters. The Bertz CT molecular complexity index is 1000. The van der Waals surface area contributed by atoms with Crippen molar-refractivity contribution in [1.29, 1.82) is 0 Å². The van der Waals surface area contributed by atoms with Crippen molar-refractivity contribution in [3.63, 3.8) is 0 Å². The molecule has 0 heterocycles. The maximum atomic E-state index is 12.6. The summed E-state index contributed by atoms with van der Waals surface area (Å²) in [6.45, 7) is 7.11. The minimum atomic E-state index is -1.82. The lowest BCUT2D eigenvalue weighted by Gasteiger charge is -2.23. The summed E-state index contributed by atoms with van der Waals surface area (Å²) in [6.07, 6.45) is 0.607. The van der Waals surface area contributed by atoms with Gasteiger partial charge in [0.25, 0.3) is 0 Å². The van der Waals surface area contributed by atoms with Crippen LogP contribution in [0.4, 0.5) is 5.69 Å². The van der Waals surface area contributed by atoms with Crippen LogP contribution in [0.15, 0.2) is 57.7 Å². The molecule has 0 radical (unpaired) electrons. The van der Waals surface area contributed by atoms with Crippen LogP contribution in [0.3, 0.4) is 0 Å². The summed E-state index contributed by atoms with van der Waals surface area (Å²) in [7, 11) is 1.77. The number of carbonyl (C=O) groups excluding carboxylic acids is 1. The van der Waals surface area contributed by atoms with E-state index in [9.17, 15) is 9.00 Å². The Morgan fingerprint density at radius 2 is 1.72 bits per heavy atom. The predicted molar refractivity (Wildman–Crippen MR) is 120 cm³/mol. The van der Waals surface area contributed by atoms with Crippen molar-refractivity contribution >= 4 is 52.1 Å². The van der Waals surface area contributed by atoms with Gasteiger partial charge in [-0.25, -0.2) is 4.21 Å². The second-order valence-corrected chi connectivity index (χ2v) is 8.37. The molecule has 0 aliphatic rings. The average molecular weight is 453 g/mol. The zero-order valence-corrected chi connectivity index (χ0v) is 19.2. The Balaban J connectivity index is 2.37. The van der Waals surface area contributed by atoms with Gasteiger partial charge in [-0.2, -0.15) is 4.99 Å². The normalized spacial score (nSPS) is 13.6. The molecule has 0 saturated heterocycles. The molecule has 0 spiro atoms. The van der Waals surface area contributed by atoms with Crippen LogP contribution in [0.2, 0.25) is 10.0 Å². The third kappa shape index (κ3) is 5.69. The number of allylic oxidation sites excluding steroid dienone is 1. The molecule has 0 aromatic heterocycles. The van der Waals surface area contributed by atoms with Crippen molar-refractivity contribution in [1.82, 2.24) is 0 Å². The highest BCUT2D eigenvalue weighted by Crippen LogP contribution is 2.35. The van der Waals surface area contributed by atoms with E-state index < -0.39 is 11.1 Å². The number of aldehydes is 1. The second-order valence-electron chi connectivity index (χ2n) is 6.48. The highest BCUT2D eigenvalue weighted by Gasteiger charge is 2.17. The first-order valence-corrected chi connectivity index (χ1v) is 10.5. The highest BCUT2D eigenvalue weighted by molar-refractivity contribution is 7.80. The first-order valence-electron chi connectivity index (χ1n) is 8.72. The number of hydrogen-bond acceptors (Lipinski definition) is 4. The van der Waals surface area contributed by atoms with Gasteiger partial charge in [0.2, 0.25) is 17.0 Å². The van der Waals surface area contributed by atoms with Gasteiger partial charge in [-0.05, 0) is 51.5 Å². The molecule has 8 heteroatoms. The molecular weight excluding hydrogens is 431 g/mol. The van der Waals surface area contributed by atoms with Crippen molar-refractivity contribution in [2.24, 2.45) is 4.99 Å². The Labute approximate surface area is 183 Å². The van der Waals surface area contributed by atoms with Gasteiger partial charge in [-0.3, -0.25) is 4.79 Å². The van der Waals surface area contributed by atoms with Gasteiger partial charge >= 0.3 is 0 Å². The molecule has 0 amide bonds. The number of aliphatic imine (C=N–C) groups is 1. The number of hydrogen-bond donors (Lipinski definition) is 0. The number of amidine groups is 1. The smallest absolute Gasteiger partial charge is 0.242 e. The third-order valence-corrected chi connectivity index (χ3v) is 6.00. The van der Waals surface area contributed by atoms with Crippen molar-refractivity contribution in [2.75, 3.05) is 11.9 Å². The number of aryl methyl sites for hydroxylation is 2. The average Bonchev–Trinajstić information content (AvgIpc) is 2.70. The number of nitrogens with zero attached hydrogens (tertiary/aromatic N) is 2. The van der Waals surface area contributed by atoms with Gasteiger partial charge in [0.15, 0.2) is 6.29 Å². The third-order valence-electron chi connectivity index (χ3n) is 4.24. The Morgan fingerprint density at radius 3 is 2.31 bits per heavy atom. The van der Waals surface area contributed by atoms with E-state index in [1.165, 1.54) is 0 Å². The zero-order chi connectivity index (χ0) is 21.7. The predicted octanol–water partition coefficient (Wildman–Crippen LogP) is 5.63. The summed E-state index contributed by atoms with van der Waals surface area (Å²) in [5, 5.41) is 0.814. The molecule has 0 bridgehead atoms. The SMILES string of the molecule is C/C(=N/C(OS(=O)c1ccc(C)cc1)=C(/C)C=O)N(C)c1c(C)ccc(Cl)c1Cl. The van der Waals surface area contributed by atoms with E-state index >= 15 is 0 Å². The van der Waals surface area contributed by atoms with Gasteiger partial charge in [-0.1, -0.05) is 47.0 Å². The Hall–Kier alpha value is -2.15. The monoisotopic (exact) mass is 452 g/mol. The molecule has 154 valence electrons. The Morgan fingerprint density at radius 1 is 1.10 bits per heavy atom. The second kappa shape index (κ2) is 10.1. The van der Waals surface area contributed by atoms with Crippen LogP contribution in [0.5, 0.6) is 0 Å². The van der Waals surface area contributed by atoms with Crippen LogP contribution in [0.1, 0.15) is 25.0 Å². The van der Waals surface area contributed by atoms with Gasteiger partial charge < -0.3 is 9.08 Å². The largest absolute Gasteiger partial charge is 0.376 e. The van der Waals surface area contributed by atoms with Gasteiger partial charge in [-0.15, -0.1) is 0 Å². The lowest BCUT2D eigenvalue weighted by atomic mass is 10.2. The van der Waals surface area contributed by atoms with Crippen LogP contribution in [0.25, 0.3) is 0 Å². The molecule has 0 fully saturated rings. The highest BCUT2D eigenvalue weighted by atomic mass is 35.5. The molecule has 2 rings (SSSR count). The summed E-state index contributed by atoms with van der Waals surface area (Å²) in [4.78, 5) is 17.9. The number of anilines is 1. The van der Waals surface area contributed by atoms with Crippen LogP contribution >= 0.6 is 23.2 Å². The standard InChI is InChI=1S/C21H22Cl2N2O3S/c1-13-6-9-17(10-7-13)29(27)28-21(15(3)12-26)24-16(4)25(5)20-14(2)8-11-18(22)19(20)23/h6-12H,1-5H3/b21-15+,24-16-. The molecule has 2 aromatic rings. The zero-order valence-electron chi connectivity index (χ0n) is 16.8. The molecule has 0 aliphatic carbocycles. The maximum absolute atomic E-state index is 12.6. The molecular formula is C21H22Cl2N2O3S. The van der Waals surface area contributed by atoms with E-state index in [-0.39, 0.29) is 11.5 Å². The molecule has 1 unspecified atom stereocenters. The quantitative estimate of drug-likeness (QED) is 0.187. The summed E-state index contributed by atoms with van der Waals surface area (Å²) < 4.78 is 18.1. The van der Waals surface area contributed by atoms with Gasteiger partial charge in [0.1, 0.15) is 5.84 Å². The first kappa shape index (κ1) is 23.1. The van der Waals surface area contributed by atoms with Gasteiger partial charge in [0, 0.05) is 7.05 Å². The molecule has 2 aromatic carbocycles. The van der Waals surface area contributed by atoms with Crippen molar-refractivity contribution in [3.05, 3.63) is 69.0 Å². The summed E-state index contributed by atoms with van der Waals surface area (Å²) in [5.74, 6) is 0.452. The van der Waals surface area contributed by atoms with Crippen molar-refractivity contribution in [3.8, 4) is 0 Å². The first-order chi connectivity index (χ1) is 13.6. The number of rotatable bonds is 6. The fraction of sp³-hybridized carbons (Fsp3) is 0.238. The number of carbonyl (C=O) groups is 1. The minimum Gasteiger partial charge on any atom is -0.376 e. The van der Waals surface area contributed by atoms with Crippen LogP contribution in [-0.4, -0.2) is 23.4 Å². The maximum Gasteiger partial charge on any atom is 0.242 e. The van der Waals surface area contributed by atoms with E-state index in [1.54, 1.807) is 44.0 Å². The van der Waals surface area contributed by atoms with E-state index in [0.29, 0.717) is 32.7 Å². The van der Waals surface area contributed by atoms with E-state index in [0.717, 1.165) is 11.1 Å². The fourth-order valence-electron chi connectivity index (χ4n) is 2.42. The topological polar surface area (TPSA) is 59.0 Å². The van der Waals surface area contributed by atoms with E-state index in [4.69, 9.17) is 27.4 Å². The minimum absolute atomic E-state index is 0.0286. The Kier molecular flexibility index (Phi) is 8.02. The van der Waals surface area contributed by atoms with Crippen LogP contribution in [-0.2, 0) is 20.1 Å². The lowest BCUT2D eigenvalue weighted by molar-refractivity contribution is -0.105. The summed E-state index contributed by atoms with van der Waals surface area (Å²) in [6, 6.07) is 10.6. The van der Waals surface area contributed by atoms with Crippen LogP contribution in [0, 0.1) is 13.8 Å².